The quantitative estimate of drug-likeness (QED) is 0.602. The fourth-order valence-corrected chi connectivity index (χ4v) is 5.97. The van der Waals surface area contributed by atoms with E-state index < -0.39 is 0 Å². The van der Waals surface area contributed by atoms with Crippen LogP contribution in [-0.4, -0.2) is 17.3 Å². The fourth-order valence-electron chi connectivity index (χ4n) is 5.97. The number of hydrogen-bond acceptors (Lipinski definition) is 3. The molecule has 0 spiro atoms. The van der Waals surface area contributed by atoms with Crippen LogP contribution in [0.3, 0.4) is 0 Å². The van der Waals surface area contributed by atoms with Crippen molar-refractivity contribution in [3.05, 3.63) is 34.9 Å². The molecule has 25 heavy (non-hydrogen) atoms. The highest BCUT2D eigenvalue weighted by Crippen LogP contribution is 2.60. The van der Waals surface area contributed by atoms with Crippen LogP contribution in [0.15, 0.2) is 18.2 Å². The van der Waals surface area contributed by atoms with Gasteiger partial charge in [-0.25, -0.2) is 0 Å². The maximum atomic E-state index is 12.9. The first kappa shape index (κ1) is 16.7. The Balaban J connectivity index is 1.69. The normalized spacial score (nSPS) is 36.4. The van der Waals surface area contributed by atoms with E-state index in [1.807, 2.05) is 6.07 Å². The molecule has 0 bridgehead atoms. The van der Waals surface area contributed by atoms with Gasteiger partial charge in [-0.05, 0) is 80.9 Å². The number of aryl methyl sites for hydroxylation is 1. The summed E-state index contributed by atoms with van der Waals surface area (Å²) in [6, 6.07) is 6.17. The number of ketones is 3. The van der Waals surface area contributed by atoms with E-state index in [2.05, 4.69) is 19.1 Å². The Morgan fingerprint density at radius 1 is 1.16 bits per heavy atom. The van der Waals surface area contributed by atoms with E-state index in [1.54, 1.807) is 13.8 Å². The highest BCUT2D eigenvalue weighted by molar-refractivity contribution is 6.05. The molecule has 2 saturated carbocycles. The lowest BCUT2D eigenvalue weighted by atomic mass is 9.55. The average Bonchev–Trinajstić information content (AvgIpc) is 2.86. The van der Waals surface area contributed by atoms with Crippen molar-refractivity contribution in [2.24, 2.45) is 23.2 Å². The summed E-state index contributed by atoms with van der Waals surface area (Å²) in [4.78, 5) is 36.5. The van der Waals surface area contributed by atoms with Crippen LogP contribution in [0.2, 0.25) is 0 Å². The van der Waals surface area contributed by atoms with Crippen LogP contribution < -0.4 is 0 Å². The number of benzene rings is 1. The first-order valence-electron chi connectivity index (χ1n) is 9.51. The molecule has 2 fully saturated rings. The van der Waals surface area contributed by atoms with Crippen molar-refractivity contribution in [1.82, 2.24) is 0 Å². The zero-order chi connectivity index (χ0) is 17.9. The van der Waals surface area contributed by atoms with E-state index in [-0.39, 0.29) is 28.7 Å². The summed E-state index contributed by atoms with van der Waals surface area (Å²) >= 11 is 0. The first-order chi connectivity index (χ1) is 11.8. The molecule has 0 radical (unpaired) electrons. The predicted octanol–water partition coefficient (Wildman–Crippen LogP) is 4.13. The summed E-state index contributed by atoms with van der Waals surface area (Å²) < 4.78 is 0. The zero-order valence-corrected chi connectivity index (χ0v) is 15.3. The van der Waals surface area contributed by atoms with Crippen LogP contribution in [0.4, 0.5) is 0 Å². The fraction of sp³-hybridized carbons (Fsp3) is 0.591. The number of rotatable bonds is 2. The van der Waals surface area contributed by atoms with Crippen molar-refractivity contribution >= 4 is 17.3 Å². The largest absolute Gasteiger partial charge is 0.299 e. The van der Waals surface area contributed by atoms with Crippen molar-refractivity contribution in [2.75, 3.05) is 0 Å². The van der Waals surface area contributed by atoms with Crippen LogP contribution in [0, 0.1) is 23.2 Å². The van der Waals surface area contributed by atoms with Crippen molar-refractivity contribution in [1.29, 1.82) is 0 Å². The van der Waals surface area contributed by atoms with Gasteiger partial charge in [-0.15, -0.1) is 0 Å². The summed E-state index contributed by atoms with van der Waals surface area (Å²) in [5, 5.41) is 0. The van der Waals surface area contributed by atoms with Crippen LogP contribution in [0.25, 0.3) is 0 Å². The minimum atomic E-state index is -0.379. The first-order valence-corrected chi connectivity index (χ1v) is 9.51. The van der Waals surface area contributed by atoms with Gasteiger partial charge in [-0.2, -0.15) is 0 Å². The third-order valence-corrected chi connectivity index (χ3v) is 7.38. The number of hydrogen-bond donors (Lipinski definition) is 0. The Labute approximate surface area is 149 Å². The predicted molar refractivity (Wildman–Crippen MR) is 95.6 cm³/mol. The van der Waals surface area contributed by atoms with Crippen LogP contribution >= 0.6 is 0 Å². The minimum Gasteiger partial charge on any atom is -0.299 e. The van der Waals surface area contributed by atoms with Crippen LogP contribution in [0.1, 0.15) is 73.9 Å². The number of carbonyl (C=O) groups is 3. The van der Waals surface area contributed by atoms with Gasteiger partial charge in [0, 0.05) is 11.0 Å². The smallest absolute Gasteiger partial charge is 0.159 e. The second kappa shape index (κ2) is 5.62. The van der Waals surface area contributed by atoms with E-state index >= 15 is 0 Å². The lowest BCUT2D eigenvalue weighted by Crippen LogP contribution is -2.42. The monoisotopic (exact) mass is 338 g/mol. The molecule has 0 unspecified atom stereocenters. The van der Waals surface area contributed by atoms with E-state index in [0.29, 0.717) is 17.8 Å². The van der Waals surface area contributed by atoms with Gasteiger partial charge in [0.2, 0.25) is 0 Å². The van der Waals surface area contributed by atoms with E-state index in [0.717, 1.165) is 37.7 Å². The van der Waals surface area contributed by atoms with Gasteiger partial charge in [0.1, 0.15) is 11.6 Å². The topological polar surface area (TPSA) is 51.2 Å². The van der Waals surface area contributed by atoms with E-state index in [4.69, 9.17) is 0 Å². The van der Waals surface area contributed by atoms with Crippen molar-refractivity contribution in [3.8, 4) is 0 Å². The molecule has 5 atom stereocenters. The highest BCUT2D eigenvalue weighted by Gasteiger charge is 2.58. The molecule has 0 amide bonds. The lowest BCUT2D eigenvalue weighted by Gasteiger charge is -2.48. The number of carbonyl (C=O) groups excluding carboxylic acids is 3. The van der Waals surface area contributed by atoms with Gasteiger partial charge >= 0.3 is 0 Å². The molecule has 1 aromatic carbocycles. The Bertz CT molecular complexity index is 777. The van der Waals surface area contributed by atoms with Gasteiger partial charge < -0.3 is 0 Å². The Kier molecular flexibility index (Phi) is 3.75. The SMILES string of the molecule is CC(=O)c1ccc2c(c1)CC[C@@H]1[C@@H]2CC[C@]2(C)C(=O)[C@@H](C(C)=O)C[C@@H]12. The summed E-state index contributed by atoms with van der Waals surface area (Å²) in [6.45, 7) is 5.29. The molecule has 0 aliphatic heterocycles. The van der Waals surface area contributed by atoms with Crippen molar-refractivity contribution in [3.63, 3.8) is 0 Å². The van der Waals surface area contributed by atoms with Gasteiger partial charge in [-0.3, -0.25) is 14.4 Å². The molecule has 3 aliphatic carbocycles. The molecular weight excluding hydrogens is 312 g/mol. The lowest BCUT2D eigenvalue weighted by molar-refractivity contribution is -0.136. The summed E-state index contributed by atoms with van der Waals surface area (Å²) in [7, 11) is 0. The minimum absolute atomic E-state index is 0.0412. The second-order valence-electron chi connectivity index (χ2n) is 8.60. The van der Waals surface area contributed by atoms with Gasteiger partial charge in [0.05, 0.1) is 5.92 Å². The third kappa shape index (κ3) is 2.35. The maximum absolute atomic E-state index is 12.9. The van der Waals surface area contributed by atoms with E-state index in [1.165, 1.54) is 11.1 Å². The van der Waals surface area contributed by atoms with Gasteiger partial charge in [-0.1, -0.05) is 19.1 Å². The highest BCUT2D eigenvalue weighted by atomic mass is 16.2. The summed E-state index contributed by atoms with van der Waals surface area (Å²) in [5.74, 6) is 1.26. The molecule has 0 N–H and O–H groups in total. The molecule has 3 nitrogen and oxygen atoms in total. The molecule has 1 aromatic rings. The molecule has 0 saturated heterocycles. The summed E-state index contributed by atoms with van der Waals surface area (Å²) in [5.41, 5.74) is 3.17. The molecule has 0 heterocycles. The van der Waals surface area contributed by atoms with Crippen LogP contribution in [-0.2, 0) is 16.0 Å². The molecule has 4 rings (SSSR count). The maximum Gasteiger partial charge on any atom is 0.159 e. The van der Waals surface area contributed by atoms with Crippen molar-refractivity contribution in [2.45, 2.75) is 58.8 Å². The Morgan fingerprint density at radius 2 is 1.92 bits per heavy atom. The second-order valence-corrected chi connectivity index (χ2v) is 8.60. The molecule has 3 aliphatic rings. The van der Waals surface area contributed by atoms with Gasteiger partial charge in [0.25, 0.3) is 0 Å². The Morgan fingerprint density at radius 3 is 2.60 bits per heavy atom. The average molecular weight is 338 g/mol. The third-order valence-electron chi connectivity index (χ3n) is 7.38. The standard InChI is InChI=1S/C22H26O3/c1-12(23)14-4-6-16-15(10-14)5-7-18-17(16)8-9-22(3)20(18)11-19(13(2)24)21(22)25/h4,6,10,17-20H,5,7-9,11H2,1-3H3/t17-,18-,19-,20+,22+/m1/s1. The molecular formula is C22H26O3. The van der Waals surface area contributed by atoms with Gasteiger partial charge in [0.15, 0.2) is 5.78 Å². The van der Waals surface area contributed by atoms with Crippen LogP contribution in [0.5, 0.6) is 0 Å². The Hall–Kier alpha value is -1.77. The molecule has 132 valence electrons. The van der Waals surface area contributed by atoms with E-state index in [9.17, 15) is 14.4 Å². The molecule has 3 heteroatoms. The van der Waals surface area contributed by atoms with Crippen molar-refractivity contribution < 1.29 is 14.4 Å². The number of fused-ring (bicyclic) bond motifs is 5. The summed E-state index contributed by atoms with van der Waals surface area (Å²) in [6.07, 6.45) is 4.68. The number of Topliss-reactive ketones (excluding diaryl/α,β-unsaturated/α-hetero) is 3. The molecule has 0 aromatic heterocycles. The zero-order valence-electron chi connectivity index (χ0n) is 15.3.